The molecule has 6 nitrogen and oxygen atoms in total. The molecule has 200 valence electrons. The van der Waals surface area contributed by atoms with E-state index in [1.165, 1.54) is 29.8 Å². The Morgan fingerprint density at radius 2 is 1.73 bits per heavy atom. The second kappa shape index (κ2) is 12.0. The van der Waals surface area contributed by atoms with Crippen molar-refractivity contribution in [3.8, 4) is 5.75 Å². The highest BCUT2D eigenvalue weighted by molar-refractivity contribution is 5.99. The molecule has 9 heteroatoms. The summed E-state index contributed by atoms with van der Waals surface area (Å²) in [5.41, 5.74) is 1.88. The number of carbonyl (C=O) groups excluding carboxylic acids is 2. The van der Waals surface area contributed by atoms with Gasteiger partial charge in [0.2, 0.25) is 11.8 Å². The molecule has 1 atom stereocenters. The van der Waals surface area contributed by atoms with Gasteiger partial charge in [0, 0.05) is 32.2 Å². The standard InChI is InChI=1S/C28H34F3N3O3/c1-32-20-23(19-26(32)35)27(36)34(24-8-10-25(11-9-24)37-28(29,30)31)15-5-14-33-16-12-22(13-17-33)18-21-6-3-2-4-7-21/h2-4,6-11,22-23H,5,12-20H2,1H3. The molecule has 0 aliphatic carbocycles. The summed E-state index contributed by atoms with van der Waals surface area (Å²) in [5.74, 6) is -0.379. The Labute approximate surface area is 216 Å². The molecule has 0 bridgehead atoms. The summed E-state index contributed by atoms with van der Waals surface area (Å²) in [6, 6.07) is 15.9. The number of carbonyl (C=O) groups is 2. The van der Waals surface area contributed by atoms with Crippen LogP contribution in [0.15, 0.2) is 54.6 Å². The summed E-state index contributed by atoms with van der Waals surface area (Å²) in [5, 5.41) is 0. The molecule has 0 aromatic heterocycles. The number of nitrogens with zero attached hydrogens (tertiary/aromatic N) is 3. The quantitative estimate of drug-likeness (QED) is 0.482. The minimum absolute atomic E-state index is 0.0781. The highest BCUT2D eigenvalue weighted by Gasteiger charge is 2.35. The van der Waals surface area contributed by atoms with E-state index in [1.54, 1.807) is 16.8 Å². The van der Waals surface area contributed by atoms with Gasteiger partial charge in [-0.2, -0.15) is 0 Å². The zero-order valence-electron chi connectivity index (χ0n) is 21.1. The third-order valence-electron chi connectivity index (χ3n) is 7.27. The molecule has 0 spiro atoms. The van der Waals surface area contributed by atoms with E-state index in [1.807, 2.05) is 6.07 Å². The van der Waals surface area contributed by atoms with Gasteiger partial charge in [-0.1, -0.05) is 30.3 Å². The molecule has 2 aromatic rings. The zero-order chi connectivity index (χ0) is 26.4. The lowest BCUT2D eigenvalue weighted by Gasteiger charge is -2.33. The van der Waals surface area contributed by atoms with Crippen LogP contribution in [0.5, 0.6) is 5.75 Å². The third kappa shape index (κ3) is 7.71. The molecule has 1 unspecified atom stereocenters. The van der Waals surface area contributed by atoms with Gasteiger partial charge in [0.25, 0.3) is 0 Å². The van der Waals surface area contributed by atoms with Gasteiger partial charge in [0.05, 0.1) is 5.92 Å². The van der Waals surface area contributed by atoms with Gasteiger partial charge >= 0.3 is 6.36 Å². The third-order valence-corrected chi connectivity index (χ3v) is 7.27. The van der Waals surface area contributed by atoms with Crippen molar-refractivity contribution in [2.24, 2.45) is 11.8 Å². The average molecular weight is 518 g/mol. The molecule has 2 heterocycles. The number of benzene rings is 2. The van der Waals surface area contributed by atoms with Crippen molar-refractivity contribution < 1.29 is 27.5 Å². The topological polar surface area (TPSA) is 53.1 Å². The fourth-order valence-corrected chi connectivity index (χ4v) is 5.26. The number of anilines is 1. The van der Waals surface area contributed by atoms with Crippen LogP contribution in [0, 0.1) is 11.8 Å². The van der Waals surface area contributed by atoms with Gasteiger partial charge in [-0.05, 0) is 81.1 Å². The van der Waals surface area contributed by atoms with E-state index in [9.17, 15) is 22.8 Å². The summed E-state index contributed by atoms with van der Waals surface area (Å²) in [6.45, 7) is 3.63. The van der Waals surface area contributed by atoms with Crippen molar-refractivity contribution in [1.29, 1.82) is 0 Å². The highest BCUT2D eigenvalue weighted by atomic mass is 19.4. The number of likely N-dealkylation sites (tertiary alicyclic amines) is 2. The Morgan fingerprint density at radius 3 is 2.32 bits per heavy atom. The fraction of sp³-hybridized carbons (Fsp3) is 0.500. The molecule has 2 aromatic carbocycles. The monoisotopic (exact) mass is 517 g/mol. The fourth-order valence-electron chi connectivity index (χ4n) is 5.26. The van der Waals surface area contributed by atoms with E-state index < -0.39 is 12.3 Å². The van der Waals surface area contributed by atoms with Gasteiger partial charge in [0.1, 0.15) is 5.75 Å². The molecular formula is C28H34F3N3O3. The number of alkyl halides is 3. The van der Waals surface area contributed by atoms with Crippen molar-refractivity contribution in [2.45, 2.75) is 38.5 Å². The van der Waals surface area contributed by atoms with Crippen LogP contribution in [0.1, 0.15) is 31.2 Å². The normalized spacial score (nSPS) is 19.3. The van der Waals surface area contributed by atoms with Crippen molar-refractivity contribution in [2.75, 3.05) is 44.7 Å². The van der Waals surface area contributed by atoms with Crippen LogP contribution in [-0.4, -0.2) is 67.7 Å². The number of amides is 2. The Morgan fingerprint density at radius 1 is 1.05 bits per heavy atom. The zero-order valence-corrected chi connectivity index (χ0v) is 21.1. The number of hydrogen-bond donors (Lipinski definition) is 0. The van der Waals surface area contributed by atoms with E-state index in [0.717, 1.165) is 45.3 Å². The summed E-state index contributed by atoms with van der Waals surface area (Å²) in [4.78, 5) is 30.9. The molecule has 0 saturated carbocycles. The molecule has 2 aliphatic rings. The predicted octanol–water partition coefficient (Wildman–Crippen LogP) is 4.74. The predicted molar refractivity (Wildman–Crippen MR) is 135 cm³/mol. The van der Waals surface area contributed by atoms with Gasteiger partial charge in [0.15, 0.2) is 0 Å². The minimum Gasteiger partial charge on any atom is -0.406 e. The number of hydrogen-bond acceptors (Lipinski definition) is 4. The van der Waals surface area contributed by atoms with Crippen LogP contribution >= 0.6 is 0 Å². The van der Waals surface area contributed by atoms with Gasteiger partial charge in [-0.25, -0.2) is 0 Å². The van der Waals surface area contributed by atoms with Crippen LogP contribution in [0.4, 0.5) is 18.9 Å². The van der Waals surface area contributed by atoms with Crippen molar-refractivity contribution in [3.63, 3.8) is 0 Å². The Kier molecular flexibility index (Phi) is 8.74. The average Bonchev–Trinajstić information content (AvgIpc) is 3.21. The van der Waals surface area contributed by atoms with Gasteiger partial charge in [-0.3, -0.25) is 9.59 Å². The van der Waals surface area contributed by atoms with Crippen molar-refractivity contribution in [3.05, 3.63) is 60.2 Å². The van der Waals surface area contributed by atoms with Crippen LogP contribution in [0.3, 0.4) is 0 Å². The maximum absolute atomic E-state index is 13.4. The summed E-state index contributed by atoms with van der Waals surface area (Å²) < 4.78 is 41.6. The molecule has 37 heavy (non-hydrogen) atoms. The molecule has 2 aliphatic heterocycles. The number of halogens is 3. The first-order valence-electron chi connectivity index (χ1n) is 12.9. The van der Waals surface area contributed by atoms with Crippen molar-refractivity contribution >= 4 is 17.5 Å². The van der Waals surface area contributed by atoms with E-state index in [-0.39, 0.29) is 24.0 Å². The SMILES string of the molecule is CN1CC(C(=O)N(CCCN2CCC(Cc3ccccc3)CC2)c2ccc(OC(F)(F)F)cc2)CC1=O. The Bertz CT molecular complexity index is 1040. The second-order valence-electron chi connectivity index (χ2n) is 10.0. The molecule has 2 fully saturated rings. The first kappa shape index (κ1) is 27.0. The van der Waals surface area contributed by atoms with E-state index in [2.05, 4.69) is 33.9 Å². The Balaban J connectivity index is 1.33. The minimum atomic E-state index is -4.78. The maximum atomic E-state index is 13.4. The van der Waals surface area contributed by atoms with E-state index in [0.29, 0.717) is 24.7 Å². The summed E-state index contributed by atoms with van der Waals surface area (Å²) in [7, 11) is 1.67. The lowest BCUT2D eigenvalue weighted by molar-refractivity contribution is -0.274. The smallest absolute Gasteiger partial charge is 0.406 e. The van der Waals surface area contributed by atoms with E-state index >= 15 is 0 Å². The lowest BCUT2D eigenvalue weighted by atomic mass is 9.90. The highest BCUT2D eigenvalue weighted by Crippen LogP contribution is 2.28. The Hall–Kier alpha value is -3.07. The second-order valence-corrected chi connectivity index (χ2v) is 10.0. The van der Waals surface area contributed by atoms with Crippen LogP contribution < -0.4 is 9.64 Å². The molecule has 0 radical (unpaired) electrons. The van der Waals surface area contributed by atoms with Gasteiger partial charge < -0.3 is 19.4 Å². The van der Waals surface area contributed by atoms with Crippen LogP contribution in [-0.2, 0) is 16.0 Å². The molecule has 4 rings (SSSR count). The molecular weight excluding hydrogens is 483 g/mol. The number of piperidine rings is 1. The molecule has 2 saturated heterocycles. The van der Waals surface area contributed by atoms with Crippen molar-refractivity contribution in [1.82, 2.24) is 9.80 Å². The first-order chi connectivity index (χ1) is 17.7. The van der Waals surface area contributed by atoms with Gasteiger partial charge in [-0.15, -0.1) is 13.2 Å². The summed E-state index contributed by atoms with van der Waals surface area (Å²) in [6.07, 6.45) is -0.536. The van der Waals surface area contributed by atoms with Crippen LogP contribution in [0.2, 0.25) is 0 Å². The largest absolute Gasteiger partial charge is 0.573 e. The van der Waals surface area contributed by atoms with E-state index in [4.69, 9.17) is 0 Å². The summed E-state index contributed by atoms with van der Waals surface area (Å²) >= 11 is 0. The maximum Gasteiger partial charge on any atom is 0.573 e. The molecule has 0 N–H and O–H groups in total. The lowest BCUT2D eigenvalue weighted by Crippen LogP contribution is -2.40. The first-order valence-corrected chi connectivity index (χ1v) is 12.9. The molecule has 2 amide bonds. The number of rotatable bonds is 9. The van der Waals surface area contributed by atoms with Crippen LogP contribution in [0.25, 0.3) is 0 Å². The number of ether oxygens (including phenoxy) is 1.